The van der Waals surface area contributed by atoms with Gasteiger partial charge in [0.1, 0.15) is 4.90 Å². The van der Waals surface area contributed by atoms with E-state index < -0.39 is 52.8 Å². The van der Waals surface area contributed by atoms with E-state index in [4.69, 9.17) is 16.3 Å². The van der Waals surface area contributed by atoms with Crippen LogP contribution in [-0.2, 0) is 24.6 Å². The van der Waals surface area contributed by atoms with Crippen molar-refractivity contribution in [3.63, 3.8) is 0 Å². The van der Waals surface area contributed by atoms with Gasteiger partial charge in [-0.1, -0.05) is 61.9 Å². The molecule has 2 aliphatic heterocycles. The quantitative estimate of drug-likeness (QED) is 0.105. The summed E-state index contributed by atoms with van der Waals surface area (Å²) in [6, 6.07) is 25.7. The average molecular weight is 975 g/mol. The number of hydrogen-bond donors (Lipinski definition) is 2. The van der Waals surface area contributed by atoms with Crippen molar-refractivity contribution in [3.8, 4) is 0 Å². The number of anilines is 2. The lowest BCUT2D eigenvalue weighted by atomic mass is 9.68. The van der Waals surface area contributed by atoms with Crippen molar-refractivity contribution in [1.29, 1.82) is 0 Å². The van der Waals surface area contributed by atoms with Crippen molar-refractivity contribution in [2.45, 2.75) is 59.3 Å². The number of benzene rings is 4. The molecule has 2 fully saturated rings. The first-order chi connectivity index (χ1) is 30.9. The predicted octanol–water partition coefficient (Wildman–Crippen LogP) is 8.69. The number of ether oxygens (including phenoxy) is 1. The Kier molecular flexibility index (Phi) is 15.6. The molecule has 0 radical (unpaired) electrons. The highest BCUT2D eigenvalue weighted by atomic mass is 35.5. The largest absolute Gasteiger partial charge is 0.501 e. The van der Waals surface area contributed by atoms with Crippen LogP contribution in [0.2, 0.25) is 5.02 Å². The minimum Gasteiger partial charge on any atom is -0.380 e. The first kappa shape index (κ1) is 48.8. The summed E-state index contributed by atoms with van der Waals surface area (Å²) in [5.41, 5.74) is -2.59. The Morgan fingerprint density at radius 2 is 1.55 bits per heavy atom. The van der Waals surface area contributed by atoms with Crippen molar-refractivity contribution < 1.29 is 39.5 Å². The van der Waals surface area contributed by atoms with E-state index in [2.05, 4.69) is 52.1 Å². The summed E-state index contributed by atoms with van der Waals surface area (Å²) in [6.07, 6.45) is 4.77. The van der Waals surface area contributed by atoms with E-state index >= 15 is 0 Å². The van der Waals surface area contributed by atoms with Gasteiger partial charge in [0.25, 0.3) is 25.8 Å². The molecule has 4 aromatic rings. The fourth-order valence-electron chi connectivity index (χ4n) is 8.38. The van der Waals surface area contributed by atoms with Crippen LogP contribution in [0.5, 0.6) is 0 Å². The number of thioether (sulfide) groups is 1. The van der Waals surface area contributed by atoms with Crippen LogP contribution in [0, 0.1) is 11.3 Å². The summed E-state index contributed by atoms with van der Waals surface area (Å²) in [5.74, 6) is -0.187. The number of nitrogens with one attached hydrogen (secondary N) is 2. The molecule has 0 bridgehead atoms. The molecule has 350 valence electrons. The molecule has 2 saturated heterocycles. The van der Waals surface area contributed by atoms with Gasteiger partial charge >= 0.3 is 5.51 Å². The van der Waals surface area contributed by atoms with Crippen LogP contribution >= 0.6 is 23.4 Å². The van der Waals surface area contributed by atoms with Crippen molar-refractivity contribution in [2.24, 2.45) is 11.3 Å². The zero-order chi connectivity index (χ0) is 46.4. The molecule has 0 aromatic heterocycles. The molecule has 2 N–H and O–H groups in total. The van der Waals surface area contributed by atoms with Gasteiger partial charge in [-0.3, -0.25) is 14.6 Å². The number of sulfone groups is 1. The van der Waals surface area contributed by atoms with Crippen molar-refractivity contribution in [3.05, 3.63) is 119 Å². The molecule has 1 amide bonds. The third-order valence-electron chi connectivity index (χ3n) is 12.5. The molecule has 2 atom stereocenters. The smallest absolute Gasteiger partial charge is 0.380 e. The number of piperazine rings is 1. The highest BCUT2D eigenvalue weighted by molar-refractivity contribution is 7.99. The van der Waals surface area contributed by atoms with Gasteiger partial charge in [-0.15, -0.1) is 11.8 Å². The molecule has 7 rings (SSSR count). The van der Waals surface area contributed by atoms with E-state index in [-0.39, 0.29) is 11.0 Å². The molecule has 65 heavy (non-hydrogen) atoms. The van der Waals surface area contributed by atoms with Crippen molar-refractivity contribution in [2.75, 3.05) is 81.5 Å². The standard InChI is InChI=1S/C47H55ClF3N5O6S3/c1-46(2)20-18-36(34-8-12-38(48)13-9-34)30-37(46)32-55-22-24-56(25-23-55)40-14-10-35(11-15-40)45(57)53-65(60,61)42-16-17-43(44(31-42)64(58,59)47(49,50)51)52-39(19-21-54-26-28-62-29-27-54)33-63-41-6-4-3-5-7-41/h3-18,31,37,39,52H,19-30,32-33H2,1-2H3,(H,53,57). The predicted molar refractivity (Wildman–Crippen MR) is 252 cm³/mol. The number of rotatable bonds is 16. The van der Waals surface area contributed by atoms with Crippen LogP contribution < -0.4 is 14.9 Å². The van der Waals surface area contributed by atoms with E-state index in [9.17, 15) is 34.8 Å². The molecule has 2 heterocycles. The maximum Gasteiger partial charge on any atom is 0.501 e. The Morgan fingerprint density at radius 3 is 2.22 bits per heavy atom. The zero-order valence-corrected chi connectivity index (χ0v) is 39.6. The number of nitrogens with zero attached hydrogens (tertiary/aromatic N) is 3. The van der Waals surface area contributed by atoms with Gasteiger partial charge in [0.05, 0.1) is 23.8 Å². The highest BCUT2D eigenvalue weighted by Gasteiger charge is 2.48. The summed E-state index contributed by atoms with van der Waals surface area (Å²) < 4.78 is 103. The first-order valence-electron chi connectivity index (χ1n) is 21.7. The average Bonchev–Trinajstić information content (AvgIpc) is 3.28. The third-order valence-corrected chi connectivity index (χ3v) is 16.8. The van der Waals surface area contributed by atoms with Crippen LogP contribution in [0.4, 0.5) is 24.5 Å². The van der Waals surface area contributed by atoms with Gasteiger partial charge in [0, 0.05) is 85.3 Å². The zero-order valence-electron chi connectivity index (χ0n) is 36.4. The molecule has 4 aromatic carbocycles. The summed E-state index contributed by atoms with van der Waals surface area (Å²) in [7, 11) is -10.9. The highest BCUT2D eigenvalue weighted by Crippen LogP contribution is 2.44. The lowest BCUT2D eigenvalue weighted by molar-refractivity contribution is -0.0435. The second-order valence-electron chi connectivity index (χ2n) is 17.4. The number of allylic oxidation sites excluding steroid dienone is 2. The Balaban J connectivity index is 0.997. The van der Waals surface area contributed by atoms with E-state index in [0.717, 1.165) is 73.3 Å². The first-order valence-corrected chi connectivity index (χ1v) is 26.0. The van der Waals surface area contributed by atoms with Gasteiger partial charge < -0.3 is 15.0 Å². The molecule has 18 heteroatoms. The topological polar surface area (TPSA) is 128 Å². The molecule has 1 aliphatic carbocycles. The molecular formula is C47H55ClF3N5O6S3. The normalized spacial score (nSPS) is 19.3. The minimum absolute atomic E-state index is 0.000450. The van der Waals surface area contributed by atoms with E-state index in [0.29, 0.717) is 57.0 Å². The Morgan fingerprint density at radius 1 is 0.877 bits per heavy atom. The van der Waals surface area contributed by atoms with Crippen LogP contribution in [0.15, 0.2) is 118 Å². The van der Waals surface area contributed by atoms with Crippen molar-refractivity contribution >= 4 is 66.1 Å². The van der Waals surface area contributed by atoms with E-state index in [1.54, 1.807) is 12.1 Å². The Hall–Kier alpha value is -4.10. The second kappa shape index (κ2) is 20.8. The lowest BCUT2D eigenvalue weighted by Gasteiger charge is -2.43. The van der Waals surface area contributed by atoms with Crippen LogP contribution in [0.25, 0.3) is 5.57 Å². The second-order valence-corrected chi connectivity index (χ2v) is 22.5. The molecule has 3 aliphatic rings. The number of morpholine rings is 1. The van der Waals surface area contributed by atoms with Crippen LogP contribution in [0.3, 0.4) is 0 Å². The SMILES string of the molecule is CC1(C)CC=C(c2ccc(Cl)cc2)CC1CN1CCN(c2ccc(C(=O)NS(=O)(=O)c3ccc(NC(CCN4CCOCC4)CSc4ccccc4)c(S(=O)(=O)C(F)(F)F)c3)cc2)CC1. The van der Waals surface area contributed by atoms with Crippen LogP contribution in [0.1, 0.15) is 49.0 Å². The molecule has 2 unspecified atom stereocenters. The number of amides is 1. The van der Waals surface area contributed by atoms with Gasteiger partial charge in [-0.25, -0.2) is 21.6 Å². The fourth-order valence-corrected chi connectivity index (χ4v) is 11.5. The number of hydrogen-bond acceptors (Lipinski definition) is 11. The molecule has 0 spiro atoms. The summed E-state index contributed by atoms with van der Waals surface area (Å²) in [6.45, 7) is 11.8. The number of carbonyl (C=O) groups is 1. The molecule has 0 saturated carbocycles. The molecular weight excluding hydrogens is 919 g/mol. The van der Waals surface area contributed by atoms with Gasteiger partial charge in [-0.2, -0.15) is 13.2 Å². The fraction of sp³-hybridized carbons (Fsp3) is 0.426. The number of alkyl halides is 3. The van der Waals surface area contributed by atoms with Gasteiger partial charge in [-0.05, 0) is 108 Å². The van der Waals surface area contributed by atoms with E-state index in [1.165, 1.54) is 35.0 Å². The van der Waals surface area contributed by atoms with Gasteiger partial charge in [0.2, 0.25) is 0 Å². The number of carbonyl (C=O) groups excluding carboxylic acids is 1. The van der Waals surface area contributed by atoms with Crippen LogP contribution in [-0.4, -0.2) is 115 Å². The number of sulfonamides is 1. The Bertz CT molecular complexity index is 2520. The van der Waals surface area contributed by atoms with Gasteiger partial charge in [0.15, 0.2) is 0 Å². The van der Waals surface area contributed by atoms with E-state index in [1.807, 2.05) is 47.2 Å². The maximum absolute atomic E-state index is 14.2. The third kappa shape index (κ3) is 12.5. The summed E-state index contributed by atoms with van der Waals surface area (Å²) >= 11 is 7.59. The van der Waals surface area contributed by atoms with Crippen molar-refractivity contribution in [1.82, 2.24) is 14.5 Å². The summed E-state index contributed by atoms with van der Waals surface area (Å²) in [4.78, 5) is 19.0. The molecule has 11 nitrogen and oxygen atoms in total. The Labute approximate surface area is 389 Å². The lowest BCUT2D eigenvalue weighted by Crippen LogP contribution is -2.49. The monoisotopic (exact) mass is 973 g/mol. The number of halogens is 4. The summed E-state index contributed by atoms with van der Waals surface area (Å²) in [5, 5.41) is 3.71. The maximum atomic E-state index is 14.2. The minimum atomic E-state index is -6.05.